The number of aliphatic carboxylic acids is 1. The van der Waals surface area contributed by atoms with Crippen molar-refractivity contribution in [3.63, 3.8) is 0 Å². The molecule has 1 rings (SSSR count). The van der Waals surface area contributed by atoms with Crippen LogP contribution < -0.4 is 5.32 Å². The molecule has 2 atom stereocenters. The number of nitrogens with one attached hydrogen (secondary N) is 1. The summed E-state index contributed by atoms with van der Waals surface area (Å²) in [5.74, 6) is -0.671. The van der Waals surface area contributed by atoms with Gasteiger partial charge in [0.15, 0.2) is 0 Å². The molecular weight excluding hydrogens is 214 g/mol. The number of hydrogen-bond donors (Lipinski definition) is 2. The second kappa shape index (κ2) is 5.38. The van der Waals surface area contributed by atoms with Gasteiger partial charge in [-0.3, -0.25) is 10.1 Å². The first-order valence-electron chi connectivity index (χ1n) is 6.82. The fourth-order valence-corrected chi connectivity index (χ4v) is 2.66. The van der Waals surface area contributed by atoms with E-state index in [1.165, 1.54) is 0 Å². The highest BCUT2D eigenvalue weighted by Crippen LogP contribution is 2.38. The van der Waals surface area contributed by atoms with Gasteiger partial charge in [-0.1, -0.05) is 27.2 Å². The Morgan fingerprint density at radius 2 is 1.94 bits per heavy atom. The summed E-state index contributed by atoms with van der Waals surface area (Å²) < 4.78 is 0. The van der Waals surface area contributed by atoms with Crippen LogP contribution in [0.2, 0.25) is 0 Å². The number of rotatable bonds is 4. The van der Waals surface area contributed by atoms with Crippen molar-refractivity contribution in [3.8, 4) is 0 Å². The summed E-state index contributed by atoms with van der Waals surface area (Å²) in [5.41, 5.74) is -0.405. The molecule has 1 fully saturated rings. The van der Waals surface area contributed by atoms with Crippen LogP contribution in [0.4, 0.5) is 0 Å². The molecule has 3 nitrogen and oxygen atoms in total. The van der Waals surface area contributed by atoms with Crippen LogP contribution in [-0.2, 0) is 4.79 Å². The van der Waals surface area contributed by atoms with Crippen molar-refractivity contribution in [2.24, 2.45) is 5.41 Å². The first-order chi connectivity index (χ1) is 7.81. The van der Waals surface area contributed by atoms with Crippen molar-refractivity contribution in [2.45, 2.75) is 77.8 Å². The third-order valence-electron chi connectivity index (χ3n) is 4.23. The molecule has 100 valence electrons. The van der Waals surface area contributed by atoms with E-state index in [0.717, 1.165) is 38.5 Å². The Labute approximate surface area is 105 Å². The highest BCUT2D eigenvalue weighted by atomic mass is 16.4. The molecule has 0 radical (unpaired) electrons. The summed E-state index contributed by atoms with van der Waals surface area (Å²) >= 11 is 0. The van der Waals surface area contributed by atoms with Crippen molar-refractivity contribution in [2.75, 3.05) is 0 Å². The molecule has 1 aliphatic carbocycles. The smallest absolute Gasteiger partial charge is 0.323 e. The normalized spacial score (nSPS) is 30.6. The summed E-state index contributed by atoms with van der Waals surface area (Å²) in [4.78, 5) is 11.6. The lowest BCUT2D eigenvalue weighted by Crippen LogP contribution is -2.55. The van der Waals surface area contributed by atoms with Gasteiger partial charge in [0.25, 0.3) is 0 Å². The van der Waals surface area contributed by atoms with Gasteiger partial charge in [-0.15, -0.1) is 0 Å². The van der Waals surface area contributed by atoms with Gasteiger partial charge in [0, 0.05) is 6.04 Å². The van der Waals surface area contributed by atoms with Crippen molar-refractivity contribution in [1.29, 1.82) is 0 Å². The van der Waals surface area contributed by atoms with Crippen LogP contribution in [0.15, 0.2) is 0 Å². The van der Waals surface area contributed by atoms with Gasteiger partial charge < -0.3 is 5.11 Å². The second-order valence-corrected chi connectivity index (χ2v) is 6.36. The Morgan fingerprint density at radius 3 is 2.47 bits per heavy atom. The van der Waals surface area contributed by atoms with Crippen LogP contribution in [0, 0.1) is 5.41 Å². The van der Waals surface area contributed by atoms with Crippen LogP contribution in [0.3, 0.4) is 0 Å². The van der Waals surface area contributed by atoms with E-state index in [2.05, 4.69) is 33.0 Å². The van der Waals surface area contributed by atoms with E-state index in [0.29, 0.717) is 0 Å². The van der Waals surface area contributed by atoms with Crippen LogP contribution in [0.25, 0.3) is 0 Å². The van der Waals surface area contributed by atoms with Gasteiger partial charge in [0.2, 0.25) is 0 Å². The molecule has 0 aromatic rings. The minimum atomic E-state index is -0.691. The van der Waals surface area contributed by atoms with E-state index in [9.17, 15) is 9.90 Å². The molecule has 0 saturated heterocycles. The molecule has 1 saturated carbocycles. The lowest BCUT2D eigenvalue weighted by molar-refractivity contribution is -0.146. The maximum Gasteiger partial charge on any atom is 0.323 e. The number of hydrogen-bond acceptors (Lipinski definition) is 2. The molecule has 1 aliphatic rings. The number of carboxylic acids is 1. The van der Waals surface area contributed by atoms with E-state index in [4.69, 9.17) is 0 Å². The molecule has 0 aromatic carbocycles. The largest absolute Gasteiger partial charge is 0.480 e. The standard InChI is InChI=1S/C14H27NO2/c1-5-11(2)15-14(12(16)17)8-6-7-13(3,4)9-10-14/h11,15H,5-10H2,1-4H3,(H,16,17). The van der Waals surface area contributed by atoms with Crippen molar-refractivity contribution in [3.05, 3.63) is 0 Å². The Kier molecular flexibility index (Phi) is 4.59. The molecule has 2 N–H and O–H groups in total. The maximum absolute atomic E-state index is 11.6. The summed E-state index contributed by atoms with van der Waals surface area (Å²) in [6.07, 6.45) is 5.60. The predicted octanol–water partition coefficient (Wildman–Crippen LogP) is 3.19. The predicted molar refractivity (Wildman–Crippen MR) is 70.1 cm³/mol. The highest BCUT2D eigenvalue weighted by Gasteiger charge is 2.42. The van der Waals surface area contributed by atoms with Gasteiger partial charge in [0.05, 0.1) is 0 Å². The van der Waals surface area contributed by atoms with Crippen LogP contribution in [0.5, 0.6) is 0 Å². The SMILES string of the molecule is CCC(C)NC1(C(=O)O)CCCC(C)(C)CC1. The minimum Gasteiger partial charge on any atom is -0.480 e. The minimum absolute atomic E-state index is 0.271. The van der Waals surface area contributed by atoms with E-state index in [-0.39, 0.29) is 11.5 Å². The van der Waals surface area contributed by atoms with Crippen molar-refractivity contribution < 1.29 is 9.90 Å². The zero-order valence-corrected chi connectivity index (χ0v) is 11.7. The topological polar surface area (TPSA) is 49.3 Å². The van der Waals surface area contributed by atoms with E-state index < -0.39 is 11.5 Å². The molecule has 0 aliphatic heterocycles. The van der Waals surface area contributed by atoms with Crippen LogP contribution in [-0.4, -0.2) is 22.7 Å². The Bertz CT molecular complexity index is 275. The van der Waals surface area contributed by atoms with E-state index >= 15 is 0 Å². The quantitative estimate of drug-likeness (QED) is 0.743. The van der Waals surface area contributed by atoms with E-state index in [1.54, 1.807) is 0 Å². The van der Waals surface area contributed by atoms with Gasteiger partial charge in [-0.05, 0) is 44.4 Å². The first kappa shape index (κ1) is 14.5. The third kappa shape index (κ3) is 3.70. The van der Waals surface area contributed by atoms with Crippen molar-refractivity contribution in [1.82, 2.24) is 5.32 Å². The summed E-state index contributed by atoms with van der Waals surface area (Å²) in [6.45, 7) is 8.65. The fraction of sp³-hybridized carbons (Fsp3) is 0.929. The van der Waals surface area contributed by atoms with Gasteiger partial charge in [0.1, 0.15) is 5.54 Å². The second-order valence-electron chi connectivity index (χ2n) is 6.36. The number of carbonyl (C=O) groups is 1. The zero-order valence-electron chi connectivity index (χ0n) is 11.7. The number of carboxylic acid groups (broad SMARTS) is 1. The first-order valence-corrected chi connectivity index (χ1v) is 6.82. The zero-order chi connectivity index (χ0) is 13.1. The van der Waals surface area contributed by atoms with Gasteiger partial charge in [-0.25, -0.2) is 0 Å². The molecule has 0 aromatic heterocycles. The molecule has 0 heterocycles. The lowest BCUT2D eigenvalue weighted by atomic mass is 9.83. The highest BCUT2D eigenvalue weighted by molar-refractivity contribution is 5.78. The third-order valence-corrected chi connectivity index (χ3v) is 4.23. The molecule has 3 heteroatoms. The summed E-state index contributed by atoms with van der Waals surface area (Å²) in [5, 5.41) is 12.9. The van der Waals surface area contributed by atoms with E-state index in [1.807, 2.05) is 0 Å². The van der Waals surface area contributed by atoms with Gasteiger partial charge >= 0.3 is 5.97 Å². The summed E-state index contributed by atoms with van der Waals surface area (Å²) in [6, 6.07) is 0.271. The molecule has 0 amide bonds. The maximum atomic E-state index is 11.6. The monoisotopic (exact) mass is 241 g/mol. The average Bonchev–Trinajstić information content (AvgIpc) is 2.39. The Balaban J connectivity index is 2.81. The lowest BCUT2D eigenvalue weighted by Gasteiger charge is -2.33. The van der Waals surface area contributed by atoms with Gasteiger partial charge in [-0.2, -0.15) is 0 Å². The van der Waals surface area contributed by atoms with Crippen molar-refractivity contribution >= 4 is 5.97 Å². The van der Waals surface area contributed by atoms with Crippen LogP contribution >= 0.6 is 0 Å². The molecule has 2 unspecified atom stereocenters. The average molecular weight is 241 g/mol. The molecule has 0 bridgehead atoms. The fourth-order valence-electron chi connectivity index (χ4n) is 2.66. The molecule has 17 heavy (non-hydrogen) atoms. The van der Waals surface area contributed by atoms with Crippen LogP contribution in [0.1, 0.15) is 66.2 Å². The molecular formula is C14H27NO2. The Hall–Kier alpha value is -0.570. The molecule has 0 spiro atoms. The summed E-state index contributed by atoms with van der Waals surface area (Å²) in [7, 11) is 0. The Morgan fingerprint density at radius 1 is 1.29 bits per heavy atom.